The van der Waals surface area contributed by atoms with E-state index in [-0.39, 0.29) is 0 Å². The molecule has 25 heavy (non-hydrogen) atoms. The van der Waals surface area contributed by atoms with E-state index in [1.54, 1.807) is 0 Å². The minimum absolute atomic E-state index is 0.416. The Morgan fingerprint density at radius 2 is 1.76 bits per heavy atom. The third-order valence-electron chi connectivity index (χ3n) is 5.32. The summed E-state index contributed by atoms with van der Waals surface area (Å²) in [5, 5.41) is 15.8. The highest BCUT2D eigenvalue weighted by Gasteiger charge is 2.22. The molecule has 4 rings (SSSR count). The van der Waals surface area contributed by atoms with Crippen molar-refractivity contribution >= 4 is 16.6 Å². The molecular formula is C21H26N4. The van der Waals surface area contributed by atoms with E-state index in [2.05, 4.69) is 76.3 Å². The summed E-state index contributed by atoms with van der Waals surface area (Å²) in [6.45, 7) is 2.26. The number of aromatic amines is 1. The highest BCUT2D eigenvalue weighted by molar-refractivity contribution is 5.81. The first-order chi connectivity index (χ1) is 12.3. The third kappa shape index (κ3) is 3.85. The average Bonchev–Trinajstić information content (AvgIpc) is 3.12. The Morgan fingerprint density at radius 3 is 2.56 bits per heavy atom. The molecule has 1 aliphatic carbocycles. The summed E-state index contributed by atoms with van der Waals surface area (Å²) >= 11 is 0. The zero-order chi connectivity index (χ0) is 17.1. The topological polar surface area (TPSA) is 52.7 Å². The second-order valence-corrected chi connectivity index (χ2v) is 7.16. The first-order valence-corrected chi connectivity index (χ1v) is 9.28. The van der Waals surface area contributed by atoms with Gasteiger partial charge in [-0.15, -0.1) is 0 Å². The normalized spacial score (nSPS) is 22.0. The molecule has 3 N–H and O–H groups in total. The van der Waals surface area contributed by atoms with Gasteiger partial charge in [0.15, 0.2) is 0 Å². The highest BCUT2D eigenvalue weighted by Crippen LogP contribution is 2.25. The second-order valence-electron chi connectivity index (χ2n) is 7.16. The van der Waals surface area contributed by atoms with Crippen LogP contribution in [0.4, 0.5) is 5.69 Å². The van der Waals surface area contributed by atoms with Crippen LogP contribution in [-0.4, -0.2) is 22.3 Å². The standard InChI is InChI=1S/C21H26N4/c1-15(16-5-3-2-4-6-16)23-18-7-9-19(10-8-18)24-20-11-12-21-17(13-20)14-22-25-21/h2-6,11-15,18-19,23-24H,7-10H2,1H3,(H,22,25)/t15?,18-,19-. The van der Waals surface area contributed by atoms with Crippen molar-refractivity contribution in [3.8, 4) is 0 Å². The van der Waals surface area contributed by atoms with Gasteiger partial charge in [-0.2, -0.15) is 5.10 Å². The van der Waals surface area contributed by atoms with Crippen LogP contribution in [-0.2, 0) is 0 Å². The van der Waals surface area contributed by atoms with Gasteiger partial charge in [0.2, 0.25) is 0 Å². The van der Waals surface area contributed by atoms with Crippen LogP contribution < -0.4 is 10.6 Å². The number of hydrogen-bond acceptors (Lipinski definition) is 3. The third-order valence-corrected chi connectivity index (χ3v) is 5.32. The molecule has 0 spiro atoms. The van der Waals surface area contributed by atoms with Gasteiger partial charge in [-0.1, -0.05) is 30.3 Å². The zero-order valence-corrected chi connectivity index (χ0v) is 14.7. The van der Waals surface area contributed by atoms with Crippen LogP contribution in [0.25, 0.3) is 10.9 Å². The van der Waals surface area contributed by atoms with Gasteiger partial charge in [-0.25, -0.2) is 0 Å². The maximum Gasteiger partial charge on any atom is 0.0651 e. The van der Waals surface area contributed by atoms with Crippen LogP contribution in [0.1, 0.15) is 44.2 Å². The number of H-pyrrole nitrogens is 1. The molecule has 1 fully saturated rings. The number of nitrogens with zero attached hydrogens (tertiary/aromatic N) is 1. The summed E-state index contributed by atoms with van der Waals surface area (Å²) in [7, 11) is 0. The fraction of sp³-hybridized carbons (Fsp3) is 0.381. The number of aromatic nitrogens is 2. The Hall–Kier alpha value is -2.33. The average molecular weight is 334 g/mol. The van der Waals surface area contributed by atoms with Gasteiger partial charge in [-0.3, -0.25) is 5.10 Å². The predicted octanol–water partition coefficient (Wildman–Crippen LogP) is 4.64. The van der Waals surface area contributed by atoms with Crippen molar-refractivity contribution in [3.63, 3.8) is 0 Å². The number of anilines is 1. The Kier molecular flexibility index (Phi) is 4.70. The summed E-state index contributed by atoms with van der Waals surface area (Å²) in [5.74, 6) is 0. The number of rotatable bonds is 5. The molecule has 0 amide bonds. The van der Waals surface area contributed by atoms with Crippen LogP contribution in [0.2, 0.25) is 0 Å². The van der Waals surface area contributed by atoms with E-state index < -0.39 is 0 Å². The lowest BCUT2D eigenvalue weighted by molar-refractivity contribution is 0.331. The van der Waals surface area contributed by atoms with Gasteiger partial charge >= 0.3 is 0 Å². The summed E-state index contributed by atoms with van der Waals surface area (Å²) < 4.78 is 0. The highest BCUT2D eigenvalue weighted by atomic mass is 15.1. The Bertz CT molecular complexity index is 803. The quantitative estimate of drug-likeness (QED) is 0.637. The molecule has 4 heteroatoms. The molecule has 1 aliphatic rings. The van der Waals surface area contributed by atoms with Crippen LogP contribution in [0.5, 0.6) is 0 Å². The molecule has 1 saturated carbocycles. The van der Waals surface area contributed by atoms with Gasteiger partial charge < -0.3 is 10.6 Å². The molecule has 0 saturated heterocycles. The molecule has 1 heterocycles. The van der Waals surface area contributed by atoms with Crippen LogP contribution in [0.15, 0.2) is 54.7 Å². The molecule has 3 aromatic rings. The van der Waals surface area contributed by atoms with Gasteiger partial charge in [0.05, 0.1) is 11.7 Å². The largest absolute Gasteiger partial charge is 0.382 e. The molecule has 2 aromatic carbocycles. The van der Waals surface area contributed by atoms with E-state index in [9.17, 15) is 0 Å². The maximum absolute atomic E-state index is 4.09. The minimum Gasteiger partial charge on any atom is -0.382 e. The molecule has 0 aliphatic heterocycles. The van der Waals surface area contributed by atoms with Crippen molar-refractivity contribution in [1.82, 2.24) is 15.5 Å². The Morgan fingerprint density at radius 1 is 1.00 bits per heavy atom. The minimum atomic E-state index is 0.416. The van der Waals surface area contributed by atoms with Gasteiger partial charge in [-0.05, 0) is 56.4 Å². The monoisotopic (exact) mass is 334 g/mol. The number of hydrogen-bond donors (Lipinski definition) is 3. The molecule has 0 bridgehead atoms. The first kappa shape index (κ1) is 16.2. The van der Waals surface area contributed by atoms with E-state index in [0.717, 1.165) is 10.9 Å². The lowest BCUT2D eigenvalue weighted by Gasteiger charge is -2.32. The van der Waals surface area contributed by atoms with Crippen molar-refractivity contribution in [1.29, 1.82) is 0 Å². The summed E-state index contributed by atoms with van der Waals surface area (Å²) in [5.41, 5.74) is 3.66. The second kappa shape index (κ2) is 7.28. The fourth-order valence-corrected chi connectivity index (χ4v) is 3.86. The molecule has 0 radical (unpaired) electrons. The predicted molar refractivity (Wildman–Crippen MR) is 104 cm³/mol. The van der Waals surface area contributed by atoms with Crippen molar-refractivity contribution < 1.29 is 0 Å². The van der Waals surface area contributed by atoms with E-state index in [1.165, 1.54) is 36.9 Å². The summed E-state index contributed by atoms with van der Waals surface area (Å²) in [4.78, 5) is 0. The number of benzene rings is 2. The molecule has 1 atom stereocenters. The van der Waals surface area contributed by atoms with E-state index in [1.807, 2.05) is 6.20 Å². The Balaban J connectivity index is 1.29. The van der Waals surface area contributed by atoms with Gasteiger partial charge in [0.1, 0.15) is 0 Å². The van der Waals surface area contributed by atoms with E-state index in [0.29, 0.717) is 18.1 Å². The maximum atomic E-state index is 4.09. The zero-order valence-electron chi connectivity index (χ0n) is 14.7. The molecule has 1 unspecified atom stereocenters. The smallest absolute Gasteiger partial charge is 0.0651 e. The van der Waals surface area contributed by atoms with Crippen molar-refractivity contribution in [2.75, 3.05) is 5.32 Å². The summed E-state index contributed by atoms with van der Waals surface area (Å²) in [6, 6.07) is 18.7. The van der Waals surface area contributed by atoms with Crippen LogP contribution in [0.3, 0.4) is 0 Å². The molecule has 4 nitrogen and oxygen atoms in total. The lowest BCUT2D eigenvalue weighted by Crippen LogP contribution is -2.38. The van der Waals surface area contributed by atoms with Crippen LogP contribution in [0, 0.1) is 0 Å². The molecule has 1 aromatic heterocycles. The first-order valence-electron chi connectivity index (χ1n) is 9.28. The van der Waals surface area contributed by atoms with Crippen molar-refractivity contribution in [3.05, 3.63) is 60.3 Å². The fourth-order valence-electron chi connectivity index (χ4n) is 3.86. The van der Waals surface area contributed by atoms with Crippen molar-refractivity contribution in [2.24, 2.45) is 0 Å². The van der Waals surface area contributed by atoms with E-state index in [4.69, 9.17) is 0 Å². The SMILES string of the molecule is CC(N[C@H]1CC[C@H](Nc2ccc3[nH]ncc3c2)CC1)c1ccccc1. The van der Waals surface area contributed by atoms with E-state index >= 15 is 0 Å². The number of fused-ring (bicyclic) bond motifs is 1. The molecular weight excluding hydrogens is 308 g/mol. The lowest BCUT2D eigenvalue weighted by atomic mass is 9.90. The summed E-state index contributed by atoms with van der Waals surface area (Å²) in [6.07, 6.45) is 6.75. The van der Waals surface area contributed by atoms with Gasteiger partial charge in [0, 0.05) is 29.2 Å². The van der Waals surface area contributed by atoms with Crippen LogP contribution >= 0.6 is 0 Å². The Labute approximate surface area is 149 Å². The van der Waals surface area contributed by atoms with Gasteiger partial charge in [0.25, 0.3) is 0 Å². The molecule has 130 valence electrons. The van der Waals surface area contributed by atoms with Crippen molar-refractivity contribution in [2.45, 2.75) is 50.7 Å². The number of nitrogens with one attached hydrogen (secondary N) is 3.